The second-order valence-electron chi connectivity index (χ2n) is 9.69. The number of nitrogens with zero attached hydrogens (tertiary/aromatic N) is 2. The Labute approximate surface area is 256 Å². The number of ketones is 1. The van der Waals surface area contributed by atoms with E-state index in [0.717, 1.165) is 10.3 Å². The maximum atomic E-state index is 13.7. The average Bonchev–Trinajstić information content (AvgIpc) is 3.57. The first-order chi connectivity index (χ1) is 20.9. The van der Waals surface area contributed by atoms with E-state index >= 15 is 0 Å². The van der Waals surface area contributed by atoms with E-state index in [4.69, 9.17) is 25.8 Å². The third kappa shape index (κ3) is 5.40. The summed E-state index contributed by atoms with van der Waals surface area (Å²) in [6.45, 7) is 0.320. The van der Waals surface area contributed by atoms with Gasteiger partial charge in [0, 0.05) is 10.6 Å². The lowest BCUT2D eigenvalue weighted by molar-refractivity contribution is -0.132. The summed E-state index contributed by atoms with van der Waals surface area (Å²) in [7, 11) is 3.05. The minimum absolute atomic E-state index is 0.0764. The summed E-state index contributed by atoms with van der Waals surface area (Å²) >= 11 is 7.43. The van der Waals surface area contributed by atoms with Crippen molar-refractivity contribution in [2.24, 2.45) is 0 Å². The van der Waals surface area contributed by atoms with Gasteiger partial charge in [-0.2, -0.15) is 0 Å². The molecular formula is C33H25ClN2O6S. The van der Waals surface area contributed by atoms with Crippen LogP contribution in [0.2, 0.25) is 5.02 Å². The van der Waals surface area contributed by atoms with E-state index in [0.29, 0.717) is 50.7 Å². The van der Waals surface area contributed by atoms with Crippen LogP contribution >= 0.6 is 22.9 Å². The number of carbonyl (C=O) groups excluding carboxylic acids is 2. The fourth-order valence-corrected chi connectivity index (χ4v) is 6.22. The van der Waals surface area contributed by atoms with Crippen molar-refractivity contribution in [3.05, 3.63) is 118 Å². The number of ether oxygens (including phenoxy) is 3. The zero-order valence-corrected chi connectivity index (χ0v) is 24.7. The first kappa shape index (κ1) is 28.3. The second kappa shape index (κ2) is 11.8. The molecule has 1 amide bonds. The molecule has 1 aromatic heterocycles. The lowest BCUT2D eigenvalue weighted by Gasteiger charge is -2.24. The molecule has 1 atom stereocenters. The predicted octanol–water partition coefficient (Wildman–Crippen LogP) is 7.17. The van der Waals surface area contributed by atoms with Gasteiger partial charge in [0.05, 0.1) is 36.1 Å². The van der Waals surface area contributed by atoms with Crippen LogP contribution in [0.4, 0.5) is 5.13 Å². The molecule has 1 saturated heterocycles. The van der Waals surface area contributed by atoms with Gasteiger partial charge in [0.1, 0.15) is 18.1 Å². The van der Waals surface area contributed by atoms with Crippen LogP contribution in [0.5, 0.6) is 17.2 Å². The molecule has 0 radical (unpaired) electrons. The monoisotopic (exact) mass is 612 g/mol. The summed E-state index contributed by atoms with van der Waals surface area (Å²) < 4.78 is 17.7. The van der Waals surface area contributed by atoms with Gasteiger partial charge in [-0.05, 0) is 65.7 Å². The molecule has 10 heteroatoms. The summed E-state index contributed by atoms with van der Waals surface area (Å²) in [5.74, 6) is -0.498. The van der Waals surface area contributed by atoms with Crippen molar-refractivity contribution in [2.75, 3.05) is 19.1 Å². The molecule has 1 fully saturated rings. The number of methoxy groups -OCH3 is 2. The summed E-state index contributed by atoms with van der Waals surface area (Å²) in [6.07, 6.45) is 0. The predicted molar refractivity (Wildman–Crippen MR) is 166 cm³/mol. The van der Waals surface area contributed by atoms with Crippen molar-refractivity contribution in [3.8, 4) is 17.2 Å². The van der Waals surface area contributed by atoms with Crippen LogP contribution in [-0.2, 0) is 16.2 Å². The molecule has 1 N–H and O–H groups in total. The van der Waals surface area contributed by atoms with Crippen molar-refractivity contribution in [3.63, 3.8) is 0 Å². The van der Waals surface area contributed by atoms with Gasteiger partial charge in [-0.15, -0.1) is 0 Å². The Hall–Kier alpha value is -4.86. The number of hydrogen-bond acceptors (Lipinski definition) is 8. The van der Waals surface area contributed by atoms with Crippen LogP contribution < -0.4 is 19.1 Å². The third-order valence-corrected chi connectivity index (χ3v) is 8.35. The molecule has 43 heavy (non-hydrogen) atoms. The fourth-order valence-electron chi connectivity index (χ4n) is 4.95. The highest BCUT2D eigenvalue weighted by atomic mass is 35.5. The normalized spacial score (nSPS) is 16.1. The van der Waals surface area contributed by atoms with E-state index in [-0.39, 0.29) is 11.3 Å². The molecule has 1 aliphatic heterocycles. The number of rotatable bonds is 8. The van der Waals surface area contributed by atoms with Crippen LogP contribution in [0.3, 0.4) is 0 Å². The van der Waals surface area contributed by atoms with Crippen molar-refractivity contribution in [1.82, 2.24) is 4.98 Å². The Morgan fingerprint density at radius 3 is 2.42 bits per heavy atom. The summed E-state index contributed by atoms with van der Waals surface area (Å²) in [6, 6.07) is 25.7. The van der Waals surface area contributed by atoms with Gasteiger partial charge in [-0.3, -0.25) is 14.5 Å². The second-order valence-corrected chi connectivity index (χ2v) is 11.1. The Kier molecular flexibility index (Phi) is 7.75. The first-order valence-electron chi connectivity index (χ1n) is 13.2. The molecule has 6 rings (SSSR count). The number of aliphatic hydroxyl groups excluding tert-OH is 1. The van der Waals surface area contributed by atoms with Crippen LogP contribution in [-0.4, -0.2) is 36.0 Å². The van der Waals surface area contributed by atoms with Gasteiger partial charge in [0.15, 0.2) is 16.6 Å². The fraction of sp³-hybridized carbons (Fsp3) is 0.121. The van der Waals surface area contributed by atoms with Gasteiger partial charge >= 0.3 is 5.91 Å². The molecule has 4 aromatic carbocycles. The molecule has 5 aromatic rings. The Bertz CT molecular complexity index is 1870. The average molecular weight is 613 g/mol. The minimum atomic E-state index is -1.00. The summed E-state index contributed by atoms with van der Waals surface area (Å²) in [5, 5.41) is 12.3. The highest BCUT2D eigenvalue weighted by Gasteiger charge is 2.48. The number of aliphatic hydroxyl groups is 1. The molecule has 1 aliphatic rings. The molecular weight excluding hydrogens is 588 g/mol. The molecule has 0 spiro atoms. The molecule has 8 nitrogen and oxygen atoms in total. The van der Waals surface area contributed by atoms with Crippen LogP contribution in [0.1, 0.15) is 22.7 Å². The molecule has 216 valence electrons. The topological polar surface area (TPSA) is 98.2 Å². The van der Waals surface area contributed by atoms with E-state index in [1.165, 1.54) is 30.5 Å². The maximum Gasteiger partial charge on any atom is 0.301 e. The van der Waals surface area contributed by atoms with E-state index in [2.05, 4.69) is 4.98 Å². The molecule has 0 saturated carbocycles. The zero-order chi connectivity index (χ0) is 30.1. The number of carbonyl (C=O) groups is 2. The number of hydrogen-bond donors (Lipinski definition) is 1. The highest BCUT2D eigenvalue weighted by molar-refractivity contribution is 7.22. The SMILES string of the molecule is COc1ccc(C(O)=C2C(=O)C(=O)N(c3nc4ccc(Cl)cc4s3)C2c2ccc(OCc3ccccc3)c(OC)c2)cc1. The highest BCUT2D eigenvalue weighted by Crippen LogP contribution is 2.46. The van der Waals surface area contributed by atoms with Crippen LogP contribution in [0, 0.1) is 0 Å². The number of Topliss-reactive ketones (excluding diaryl/α,β-unsaturated/α-hetero) is 1. The molecule has 1 unspecified atom stereocenters. The Balaban J connectivity index is 1.47. The van der Waals surface area contributed by atoms with E-state index in [1.807, 2.05) is 30.3 Å². The lowest BCUT2D eigenvalue weighted by Crippen LogP contribution is -2.29. The Morgan fingerprint density at radius 1 is 0.930 bits per heavy atom. The standard InChI is InChI=1S/C33H25ClN2O6S/c1-40-23-12-8-20(9-13-23)30(37)28-29(21-10-15-25(26(16-21)41-2)42-18-19-6-4-3-5-7-19)36(32(39)31(28)38)33-35-24-14-11-22(34)17-27(24)43-33/h3-17,29,37H,18H2,1-2H3. The molecule has 2 heterocycles. The number of benzene rings is 4. The van der Waals surface area contributed by atoms with Gasteiger partial charge in [0.25, 0.3) is 5.78 Å². The third-order valence-electron chi connectivity index (χ3n) is 7.09. The number of halogens is 1. The number of amides is 1. The van der Waals surface area contributed by atoms with Gasteiger partial charge in [0.2, 0.25) is 0 Å². The van der Waals surface area contributed by atoms with Crippen molar-refractivity contribution in [1.29, 1.82) is 0 Å². The first-order valence-corrected chi connectivity index (χ1v) is 14.4. The number of fused-ring (bicyclic) bond motifs is 1. The van der Waals surface area contributed by atoms with Crippen molar-refractivity contribution >= 4 is 55.7 Å². The van der Waals surface area contributed by atoms with Gasteiger partial charge in [-0.1, -0.05) is 59.3 Å². The number of aromatic nitrogens is 1. The molecule has 0 bridgehead atoms. The van der Waals surface area contributed by atoms with Crippen LogP contribution in [0.15, 0.2) is 96.6 Å². The Morgan fingerprint density at radius 2 is 1.70 bits per heavy atom. The number of anilines is 1. The van der Waals surface area contributed by atoms with Gasteiger partial charge < -0.3 is 19.3 Å². The smallest absolute Gasteiger partial charge is 0.301 e. The summed E-state index contributed by atoms with van der Waals surface area (Å²) in [5.41, 5.74) is 2.41. The largest absolute Gasteiger partial charge is 0.507 e. The quantitative estimate of drug-likeness (QED) is 0.113. The van der Waals surface area contributed by atoms with Crippen molar-refractivity contribution < 1.29 is 28.9 Å². The maximum absolute atomic E-state index is 13.7. The van der Waals surface area contributed by atoms with E-state index in [1.54, 1.807) is 60.7 Å². The zero-order valence-electron chi connectivity index (χ0n) is 23.1. The molecule has 0 aliphatic carbocycles. The van der Waals surface area contributed by atoms with Crippen molar-refractivity contribution in [2.45, 2.75) is 12.6 Å². The van der Waals surface area contributed by atoms with Crippen LogP contribution in [0.25, 0.3) is 16.0 Å². The lowest BCUT2D eigenvalue weighted by atomic mass is 9.95. The summed E-state index contributed by atoms with van der Waals surface area (Å²) in [4.78, 5) is 33.2. The number of thiazole rings is 1. The van der Waals surface area contributed by atoms with Gasteiger partial charge in [-0.25, -0.2) is 4.98 Å². The van der Waals surface area contributed by atoms with E-state index < -0.39 is 17.7 Å². The minimum Gasteiger partial charge on any atom is -0.507 e. The van der Waals surface area contributed by atoms with E-state index in [9.17, 15) is 14.7 Å².